The van der Waals surface area contributed by atoms with Crippen LogP contribution in [-0.2, 0) is 6.42 Å². The van der Waals surface area contributed by atoms with Crippen LogP contribution in [0.5, 0.6) is 0 Å². The van der Waals surface area contributed by atoms with Gasteiger partial charge in [-0.15, -0.1) is 5.10 Å². The molecule has 0 saturated carbocycles. The molecule has 0 aliphatic carbocycles. The molecule has 3 nitrogen and oxygen atoms in total. The summed E-state index contributed by atoms with van der Waals surface area (Å²) in [4.78, 5) is 12.3. The highest BCUT2D eigenvalue weighted by atomic mass is 32.1. The van der Waals surface area contributed by atoms with Crippen LogP contribution in [0.25, 0.3) is 0 Å². The number of ketones is 1. The monoisotopic (exact) mass is 254 g/mol. The standard InChI is InChI=1S/C11H8F2N2OS/c1-2-9-11(17-15-14-9)10(16)7-4-3-6(12)5-8(7)13/h3-5H,2H2,1H3. The van der Waals surface area contributed by atoms with Crippen LogP contribution in [0.15, 0.2) is 18.2 Å². The summed E-state index contributed by atoms with van der Waals surface area (Å²) in [5, 5.41) is 3.78. The van der Waals surface area contributed by atoms with Crippen molar-refractivity contribution in [2.45, 2.75) is 13.3 Å². The topological polar surface area (TPSA) is 42.9 Å². The normalized spacial score (nSPS) is 10.5. The summed E-state index contributed by atoms with van der Waals surface area (Å²) in [7, 11) is 0. The lowest BCUT2D eigenvalue weighted by atomic mass is 10.1. The summed E-state index contributed by atoms with van der Waals surface area (Å²) >= 11 is 0.919. The van der Waals surface area contributed by atoms with Gasteiger partial charge in [0.2, 0.25) is 5.78 Å². The Labute approximate surface area is 100 Å². The van der Waals surface area contributed by atoms with Crippen molar-refractivity contribution in [2.75, 3.05) is 0 Å². The number of halogens is 2. The Bertz CT molecular complexity index is 568. The number of aromatic nitrogens is 2. The Kier molecular flexibility index (Phi) is 3.23. The van der Waals surface area contributed by atoms with E-state index in [4.69, 9.17) is 0 Å². The summed E-state index contributed by atoms with van der Waals surface area (Å²) in [6, 6.07) is 2.87. The second kappa shape index (κ2) is 4.67. The fraction of sp³-hybridized carbons (Fsp3) is 0.182. The first-order valence-electron chi connectivity index (χ1n) is 4.94. The van der Waals surface area contributed by atoms with Crippen molar-refractivity contribution in [3.8, 4) is 0 Å². The van der Waals surface area contributed by atoms with E-state index in [0.29, 0.717) is 23.1 Å². The van der Waals surface area contributed by atoms with Crippen LogP contribution in [0.1, 0.15) is 27.9 Å². The number of hydrogen-bond donors (Lipinski definition) is 0. The molecular weight excluding hydrogens is 246 g/mol. The van der Waals surface area contributed by atoms with E-state index in [9.17, 15) is 13.6 Å². The fourth-order valence-electron chi connectivity index (χ4n) is 1.41. The van der Waals surface area contributed by atoms with Gasteiger partial charge >= 0.3 is 0 Å². The molecule has 0 radical (unpaired) electrons. The van der Waals surface area contributed by atoms with Crippen LogP contribution in [0.2, 0.25) is 0 Å². The molecule has 0 saturated heterocycles. The van der Waals surface area contributed by atoms with Crippen molar-refractivity contribution < 1.29 is 13.6 Å². The highest BCUT2D eigenvalue weighted by Gasteiger charge is 2.20. The lowest BCUT2D eigenvalue weighted by molar-refractivity contribution is 0.103. The Morgan fingerprint density at radius 3 is 2.82 bits per heavy atom. The van der Waals surface area contributed by atoms with Crippen LogP contribution < -0.4 is 0 Å². The van der Waals surface area contributed by atoms with Crippen LogP contribution >= 0.6 is 11.5 Å². The first kappa shape index (κ1) is 11.8. The number of hydrogen-bond acceptors (Lipinski definition) is 4. The van der Waals surface area contributed by atoms with Crippen LogP contribution in [0.3, 0.4) is 0 Å². The number of aryl methyl sites for hydroxylation is 1. The third-order valence-electron chi connectivity index (χ3n) is 2.27. The van der Waals surface area contributed by atoms with Crippen molar-refractivity contribution in [1.82, 2.24) is 9.59 Å². The lowest BCUT2D eigenvalue weighted by Crippen LogP contribution is -2.05. The van der Waals surface area contributed by atoms with E-state index in [1.54, 1.807) is 0 Å². The molecule has 0 spiro atoms. The zero-order chi connectivity index (χ0) is 12.4. The summed E-state index contributed by atoms with van der Waals surface area (Å²) in [5.41, 5.74) is 0.371. The number of nitrogens with zero attached hydrogens (tertiary/aromatic N) is 2. The van der Waals surface area contributed by atoms with Gasteiger partial charge in [-0.3, -0.25) is 4.79 Å². The van der Waals surface area contributed by atoms with E-state index in [0.717, 1.165) is 23.7 Å². The lowest BCUT2D eigenvalue weighted by Gasteiger charge is -2.01. The van der Waals surface area contributed by atoms with Crippen LogP contribution in [-0.4, -0.2) is 15.4 Å². The largest absolute Gasteiger partial charge is 0.287 e. The Morgan fingerprint density at radius 1 is 1.41 bits per heavy atom. The third kappa shape index (κ3) is 2.21. The van der Waals surface area contributed by atoms with E-state index in [-0.39, 0.29) is 5.56 Å². The Morgan fingerprint density at radius 2 is 2.18 bits per heavy atom. The molecule has 1 aromatic carbocycles. The highest BCUT2D eigenvalue weighted by Crippen LogP contribution is 2.19. The maximum Gasteiger partial charge on any atom is 0.209 e. The summed E-state index contributed by atoms with van der Waals surface area (Å²) in [6.45, 7) is 1.83. The van der Waals surface area contributed by atoms with Gasteiger partial charge in [0.05, 0.1) is 11.3 Å². The average molecular weight is 254 g/mol. The summed E-state index contributed by atoms with van der Waals surface area (Å²) in [6.07, 6.45) is 0.542. The predicted molar refractivity (Wildman–Crippen MR) is 59.1 cm³/mol. The van der Waals surface area contributed by atoms with E-state index in [1.807, 2.05) is 6.92 Å². The highest BCUT2D eigenvalue weighted by molar-refractivity contribution is 7.08. The fourth-order valence-corrected chi connectivity index (χ4v) is 2.11. The molecule has 6 heteroatoms. The molecule has 1 aromatic heterocycles. The molecular formula is C11H8F2N2OS. The molecule has 0 atom stereocenters. The van der Waals surface area contributed by atoms with Crippen molar-refractivity contribution in [2.24, 2.45) is 0 Å². The van der Waals surface area contributed by atoms with Gasteiger partial charge in [0.1, 0.15) is 16.5 Å². The predicted octanol–water partition coefficient (Wildman–Crippen LogP) is 2.61. The van der Waals surface area contributed by atoms with Crippen molar-refractivity contribution in [3.05, 3.63) is 46.0 Å². The van der Waals surface area contributed by atoms with Gasteiger partial charge in [0, 0.05) is 6.07 Å². The minimum absolute atomic E-state index is 0.160. The minimum Gasteiger partial charge on any atom is -0.287 e. The molecule has 2 rings (SSSR count). The average Bonchev–Trinajstić information content (AvgIpc) is 2.76. The molecule has 0 N–H and O–H groups in total. The zero-order valence-corrected chi connectivity index (χ0v) is 9.72. The van der Waals surface area contributed by atoms with Crippen molar-refractivity contribution in [3.63, 3.8) is 0 Å². The van der Waals surface area contributed by atoms with E-state index in [2.05, 4.69) is 9.59 Å². The molecule has 0 bridgehead atoms. The molecule has 0 aliphatic heterocycles. The van der Waals surface area contributed by atoms with Gasteiger partial charge in [0.15, 0.2) is 0 Å². The van der Waals surface area contributed by atoms with Crippen LogP contribution in [0, 0.1) is 11.6 Å². The first-order chi connectivity index (χ1) is 8.13. The molecule has 0 aliphatic rings. The second-order valence-corrected chi connectivity index (χ2v) is 4.11. The Balaban J connectivity index is 2.44. The van der Waals surface area contributed by atoms with Crippen molar-refractivity contribution >= 4 is 17.3 Å². The molecule has 17 heavy (non-hydrogen) atoms. The van der Waals surface area contributed by atoms with E-state index >= 15 is 0 Å². The molecule has 0 fully saturated rings. The Hall–Kier alpha value is -1.69. The maximum absolute atomic E-state index is 13.4. The molecule has 1 heterocycles. The SMILES string of the molecule is CCc1nnsc1C(=O)c1ccc(F)cc1F. The van der Waals surface area contributed by atoms with Gasteiger partial charge in [-0.25, -0.2) is 8.78 Å². The van der Waals surface area contributed by atoms with Gasteiger partial charge in [0.25, 0.3) is 0 Å². The van der Waals surface area contributed by atoms with Gasteiger partial charge < -0.3 is 0 Å². The van der Waals surface area contributed by atoms with Crippen molar-refractivity contribution in [1.29, 1.82) is 0 Å². The number of rotatable bonds is 3. The molecule has 0 unspecified atom stereocenters. The second-order valence-electron chi connectivity index (χ2n) is 3.36. The summed E-state index contributed by atoms with van der Waals surface area (Å²) in [5.74, 6) is -2.09. The van der Waals surface area contributed by atoms with Gasteiger partial charge in [-0.1, -0.05) is 11.4 Å². The van der Waals surface area contributed by atoms with E-state index < -0.39 is 17.4 Å². The zero-order valence-electron chi connectivity index (χ0n) is 8.91. The molecule has 88 valence electrons. The molecule has 2 aromatic rings. The van der Waals surface area contributed by atoms with Gasteiger partial charge in [-0.05, 0) is 30.1 Å². The van der Waals surface area contributed by atoms with E-state index in [1.165, 1.54) is 0 Å². The van der Waals surface area contributed by atoms with Crippen LogP contribution in [0.4, 0.5) is 8.78 Å². The third-order valence-corrected chi connectivity index (χ3v) is 3.04. The smallest absolute Gasteiger partial charge is 0.209 e. The number of carbonyl (C=O) groups excluding carboxylic acids is 1. The maximum atomic E-state index is 13.4. The number of benzene rings is 1. The quantitative estimate of drug-likeness (QED) is 0.791. The minimum atomic E-state index is -0.870. The first-order valence-corrected chi connectivity index (χ1v) is 5.71. The summed E-state index contributed by atoms with van der Waals surface area (Å²) < 4.78 is 29.8. The molecule has 0 amide bonds. The van der Waals surface area contributed by atoms with Gasteiger partial charge in [-0.2, -0.15) is 0 Å². The number of carbonyl (C=O) groups is 1.